The Labute approximate surface area is 73.6 Å². The highest BCUT2D eigenvalue weighted by atomic mass is 32.2. The van der Waals surface area contributed by atoms with Crippen LogP contribution in [-0.2, 0) is 9.84 Å². The van der Waals surface area contributed by atoms with Crippen molar-refractivity contribution >= 4 is 9.84 Å². The van der Waals surface area contributed by atoms with Gasteiger partial charge in [0.15, 0.2) is 9.84 Å². The topological polar surface area (TPSA) is 34.1 Å². The molecule has 2 rings (SSSR count). The van der Waals surface area contributed by atoms with E-state index in [0.29, 0.717) is 11.7 Å². The van der Waals surface area contributed by atoms with Gasteiger partial charge in [0.1, 0.15) is 0 Å². The SMILES string of the molecule is C=C1CCC2C(CCS2(=O)=O)C1. The van der Waals surface area contributed by atoms with Gasteiger partial charge in [-0.05, 0) is 31.6 Å². The standard InChI is InChI=1S/C9H14O2S/c1-7-2-3-9-8(6-7)4-5-12(9,10)11/h8-9H,1-6H2. The fourth-order valence-corrected chi connectivity index (χ4v) is 4.64. The molecule has 3 heteroatoms. The van der Waals surface area contributed by atoms with Crippen LogP contribution in [0, 0.1) is 5.92 Å². The number of sulfone groups is 1. The highest BCUT2D eigenvalue weighted by Crippen LogP contribution is 2.39. The lowest BCUT2D eigenvalue weighted by molar-refractivity contribution is 0.433. The lowest BCUT2D eigenvalue weighted by atomic mass is 9.85. The minimum Gasteiger partial charge on any atom is -0.229 e. The van der Waals surface area contributed by atoms with Gasteiger partial charge in [0.25, 0.3) is 0 Å². The molecule has 1 aliphatic carbocycles. The number of rotatable bonds is 0. The van der Waals surface area contributed by atoms with Crippen molar-refractivity contribution in [3.05, 3.63) is 12.2 Å². The van der Waals surface area contributed by atoms with Gasteiger partial charge in [-0.15, -0.1) is 0 Å². The van der Waals surface area contributed by atoms with E-state index >= 15 is 0 Å². The highest BCUT2D eigenvalue weighted by Gasteiger charge is 2.41. The van der Waals surface area contributed by atoms with Crippen LogP contribution >= 0.6 is 0 Å². The molecule has 2 nitrogen and oxygen atoms in total. The number of fused-ring (bicyclic) bond motifs is 1. The minimum atomic E-state index is -2.71. The first kappa shape index (κ1) is 8.30. The summed E-state index contributed by atoms with van der Waals surface area (Å²) in [6, 6.07) is 0. The van der Waals surface area contributed by atoms with E-state index in [1.807, 2.05) is 0 Å². The van der Waals surface area contributed by atoms with E-state index in [4.69, 9.17) is 0 Å². The van der Waals surface area contributed by atoms with Crippen LogP contribution < -0.4 is 0 Å². The van der Waals surface area contributed by atoms with Crippen molar-refractivity contribution in [2.24, 2.45) is 5.92 Å². The summed E-state index contributed by atoms with van der Waals surface area (Å²) >= 11 is 0. The Hall–Kier alpha value is -0.310. The Morgan fingerprint density at radius 1 is 1.33 bits per heavy atom. The lowest BCUT2D eigenvalue weighted by Gasteiger charge is -2.25. The van der Waals surface area contributed by atoms with Crippen molar-refractivity contribution in [2.45, 2.75) is 30.9 Å². The van der Waals surface area contributed by atoms with Crippen LogP contribution in [0.4, 0.5) is 0 Å². The fraction of sp³-hybridized carbons (Fsp3) is 0.778. The summed E-state index contributed by atoms with van der Waals surface area (Å²) in [5.74, 6) is 0.812. The Balaban J connectivity index is 2.24. The molecule has 0 radical (unpaired) electrons. The van der Waals surface area contributed by atoms with Crippen molar-refractivity contribution in [1.82, 2.24) is 0 Å². The van der Waals surface area contributed by atoms with Crippen molar-refractivity contribution in [2.75, 3.05) is 5.75 Å². The molecule has 2 aliphatic rings. The van der Waals surface area contributed by atoms with Crippen LogP contribution in [0.2, 0.25) is 0 Å². The molecule has 12 heavy (non-hydrogen) atoms. The molecule has 0 N–H and O–H groups in total. The van der Waals surface area contributed by atoms with Gasteiger partial charge < -0.3 is 0 Å². The Bertz CT molecular complexity index is 302. The van der Waals surface area contributed by atoms with E-state index in [-0.39, 0.29) is 5.25 Å². The summed E-state index contributed by atoms with van der Waals surface area (Å²) < 4.78 is 22.9. The van der Waals surface area contributed by atoms with Crippen LogP contribution in [0.5, 0.6) is 0 Å². The molecule has 0 aromatic carbocycles. The quantitative estimate of drug-likeness (QED) is 0.538. The minimum absolute atomic E-state index is 0.0250. The Morgan fingerprint density at radius 3 is 2.83 bits per heavy atom. The summed E-state index contributed by atoms with van der Waals surface area (Å²) in [5.41, 5.74) is 1.24. The first-order valence-electron chi connectivity index (χ1n) is 4.48. The molecular formula is C9H14O2S. The normalized spacial score (nSPS) is 39.5. The van der Waals surface area contributed by atoms with Crippen molar-refractivity contribution in [1.29, 1.82) is 0 Å². The van der Waals surface area contributed by atoms with Gasteiger partial charge in [-0.1, -0.05) is 12.2 Å². The van der Waals surface area contributed by atoms with Gasteiger partial charge in [0, 0.05) is 0 Å². The van der Waals surface area contributed by atoms with E-state index in [9.17, 15) is 8.42 Å². The maximum atomic E-state index is 11.5. The van der Waals surface area contributed by atoms with Crippen LogP contribution in [-0.4, -0.2) is 19.4 Å². The molecule has 0 bridgehead atoms. The molecule has 0 aromatic heterocycles. The molecule has 0 aromatic rings. The lowest BCUT2D eigenvalue weighted by Crippen LogP contribution is -2.26. The number of hydrogen-bond acceptors (Lipinski definition) is 2. The molecule has 2 unspecified atom stereocenters. The van der Waals surface area contributed by atoms with Crippen molar-refractivity contribution in [3.63, 3.8) is 0 Å². The van der Waals surface area contributed by atoms with Crippen LogP contribution in [0.25, 0.3) is 0 Å². The summed E-state index contributed by atoms with van der Waals surface area (Å²) in [5, 5.41) is -0.0250. The molecule has 1 aliphatic heterocycles. The molecule has 0 amide bonds. The average molecular weight is 186 g/mol. The van der Waals surface area contributed by atoms with E-state index in [0.717, 1.165) is 25.7 Å². The molecule has 2 fully saturated rings. The van der Waals surface area contributed by atoms with E-state index in [1.165, 1.54) is 5.57 Å². The molecule has 1 saturated heterocycles. The van der Waals surface area contributed by atoms with Crippen molar-refractivity contribution < 1.29 is 8.42 Å². The first-order valence-corrected chi connectivity index (χ1v) is 6.19. The smallest absolute Gasteiger partial charge is 0.153 e. The van der Waals surface area contributed by atoms with E-state index < -0.39 is 9.84 Å². The number of hydrogen-bond donors (Lipinski definition) is 0. The number of allylic oxidation sites excluding steroid dienone is 1. The average Bonchev–Trinajstić information content (AvgIpc) is 2.27. The Kier molecular flexibility index (Phi) is 1.79. The van der Waals surface area contributed by atoms with Gasteiger partial charge in [0.05, 0.1) is 11.0 Å². The van der Waals surface area contributed by atoms with E-state index in [2.05, 4.69) is 6.58 Å². The predicted molar refractivity (Wildman–Crippen MR) is 48.7 cm³/mol. The molecule has 2 atom stereocenters. The molecule has 0 spiro atoms. The molecule has 68 valence electrons. The molecular weight excluding hydrogens is 172 g/mol. The zero-order valence-electron chi connectivity index (χ0n) is 7.12. The first-order chi connectivity index (χ1) is 5.59. The molecule has 1 saturated carbocycles. The van der Waals surface area contributed by atoms with Gasteiger partial charge in [-0.2, -0.15) is 0 Å². The highest BCUT2D eigenvalue weighted by molar-refractivity contribution is 7.92. The monoisotopic (exact) mass is 186 g/mol. The second-order valence-corrected chi connectivity index (χ2v) is 6.29. The summed E-state index contributed by atoms with van der Waals surface area (Å²) in [6.45, 7) is 3.93. The fourth-order valence-electron chi connectivity index (χ4n) is 2.41. The van der Waals surface area contributed by atoms with Crippen molar-refractivity contribution in [3.8, 4) is 0 Å². The predicted octanol–water partition coefficient (Wildman–Crippen LogP) is 1.53. The van der Waals surface area contributed by atoms with Gasteiger partial charge in [0.2, 0.25) is 0 Å². The summed E-state index contributed by atoms with van der Waals surface area (Å²) in [6.07, 6.45) is 3.56. The zero-order chi connectivity index (χ0) is 8.77. The zero-order valence-corrected chi connectivity index (χ0v) is 7.94. The maximum Gasteiger partial charge on any atom is 0.153 e. The maximum absolute atomic E-state index is 11.5. The van der Waals surface area contributed by atoms with Crippen LogP contribution in [0.15, 0.2) is 12.2 Å². The summed E-state index contributed by atoms with van der Waals surface area (Å²) in [7, 11) is -2.71. The van der Waals surface area contributed by atoms with Gasteiger partial charge in [-0.25, -0.2) is 8.42 Å². The van der Waals surface area contributed by atoms with Crippen LogP contribution in [0.3, 0.4) is 0 Å². The second kappa shape index (κ2) is 2.59. The van der Waals surface area contributed by atoms with Gasteiger partial charge in [-0.3, -0.25) is 0 Å². The second-order valence-electron chi connectivity index (χ2n) is 3.95. The summed E-state index contributed by atoms with van der Waals surface area (Å²) in [4.78, 5) is 0. The largest absolute Gasteiger partial charge is 0.229 e. The molecule has 1 heterocycles. The third-order valence-corrected chi connectivity index (χ3v) is 5.44. The third-order valence-electron chi connectivity index (χ3n) is 3.09. The third kappa shape index (κ3) is 1.20. The Morgan fingerprint density at radius 2 is 2.08 bits per heavy atom. The van der Waals surface area contributed by atoms with Gasteiger partial charge >= 0.3 is 0 Å². The van der Waals surface area contributed by atoms with Crippen LogP contribution in [0.1, 0.15) is 25.7 Å². The van der Waals surface area contributed by atoms with E-state index in [1.54, 1.807) is 0 Å².